The topological polar surface area (TPSA) is 47.0 Å². The number of rotatable bonds is 4. The molecule has 4 nitrogen and oxygen atoms in total. The van der Waals surface area contributed by atoms with E-state index in [1.54, 1.807) is 17.7 Å². The fourth-order valence-corrected chi connectivity index (χ4v) is 4.00. The lowest BCUT2D eigenvalue weighted by molar-refractivity contribution is 0.179. The molecule has 3 aromatic rings. The number of fused-ring (bicyclic) bond motifs is 3. The van der Waals surface area contributed by atoms with E-state index in [9.17, 15) is 0 Å². The second kappa shape index (κ2) is 5.42. The minimum absolute atomic E-state index is 0.513. The third-order valence-electron chi connectivity index (χ3n) is 3.75. The SMILES string of the molecule is c1ccc(CONc2ncnc3sc4c(c23)CCC4)cc1. The van der Waals surface area contributed by atoms with Crippen LogP contribution in [0.4, 0.5) is 5.82 Å². The summed E-state index contributed by atoms with van der Waals surface area (Å²) in [7, 11) is 0. The van der Waals surface area contributed by atoms with Crippen LogP contribution in [0.2, 0.25) is 0 Å². The van der Waals surface area contributed by atoms with E-state index in [1.165, 1.54) is 23.3 Å². The Bertz CT molecular complexity index is 770. The Balaban J connectivity index is 1.56. The van der Waals surface area contributed by atoms with Gasteiger partial charge in [0.15, 0.2) is 5.82 Å². The molecular weight excluding hydrogens is 282 g/mol. The van der Waals surface area contributed by atoms with Crippen molar-refractivity contribution in [1.82, 2.24) is 9.97 Å². The van der Waals surface area contributed by atoms with Gasteiger partial charge < -0.3 is 0 Å². The van der Waals surface area contributed by atoms with Crippen LogP contribution in [0.5, 0.6) is 0 Å². The molecule has 0 fully saturated rings. The molecule has 0 amide bonds. The number of hydrogen-bond acceptors (Lipinski definition) is 5. The van der Waals surface area contributed by atoms with Crippen molar-refractivity contribution >= 4 is 27.4 Å². The smallest absolute Gasteiger partial charge is 0.162 e. The van der Waals surface area contributed by atoms with Gasteiger partial charge >= 0.3 is 0 Å². The molecule has 1 aromatic carbocycles. The predicted molar refractivity (Wildman–Crippen MR) is 84.3 cm³/mol. The fourth-order valence-electron chi connectivity index (χ4n) is 2.77. The van der Waals surface area contributed by atoms with E-state index < -0.39 is 0 Å². The van der Waals surface area contributed by atoms with Gasteiger partial charge in [-0.25, -0.2) is 15.4 Å². The zero-order valence-electron chi connectivity index (χ0n) is 11.5. The highest BCUT2D eigenvalue weighted by molar-refractivity contribution is 7.19. The second-order valence-corrected chi connectivity index (χ2v) is 6.22. The van der Waals surface area contributed by atoms with Gasteiger partial charge in [-0.2, -0.15) is 0 Å². The molecule has 5 heteroatoms. The molecule has 4 rings (SSSR count). The van der Waals surface area contributed by atoms with Gasteiger partial charge in [-0.3, -0.25) is 4.84 Å². The van der Waals surface area contributed by atoms with Crippen LogP contribution in [-0.4, -0.2) is 9.97 Å². The quantitative estimate of drug-likeness (QED) is 0.746. The molecule has 21 heavy (non-hydrogen) atoms. The summed E-state index contributed by atoms with van der Waals surface area (Å²) in [6, 6.07) is 10.1. The van der Waals surface area contributed by atoms with E-state index in [-0.39, 0.29) is 0 Å². The molecule has 2 aromatic heterocycles. The highest BCUT2D eigenvalue weighted by atomic mass is 32.1. The van der Waals surface area contributed by atoms with E-state index in [0.717, 1.165) is 28.0 Å². The molecule has 106 valence electrons. The summed E-state index contributed by atoms with van der Waals surface area (Å²) in [4.78, 5) is 16.8. The Morgan fingerprint density at radius 2 is 2.05 bits per heavy atom. The number of aryl methyl sites for hydroxylation is 2. The molecule has 1 aliphatic rings. The maximum Gasteiger partial charge on any atom is 0.162 e. The van der Waals surface area contributed by atoms with Crippen LogP contribution in [0.3, 0.4) is 0 Å². The maximum absolute atomic E-state index is 5.61. The Morgan fingerprint density at radius 3 is 2.95 bits per heavy atom. The van der Waals surface area contributed by atoms with Gasteiger partial charge in [0.1, 0.15) is 11.2 Å². The first-order valence-electron chi connectivity index (χ1n) is 7.09. The van der Waals surface area contributed by atoms with Gasteiger partial charge in [-0.05, 0) is 30.4 Å². The van der Waals surface area contributed by atoms with Gasteiger partial charge in [0, 0.05) is 4.88 Å². The van der Waals surface area contributed by atoms with Gasteiger partial charge in [-0.15, -0.1) is 11.3 Å². The van der Waals surface area contributed by atoms with Crippen LogP contribution in [0.1, 0.15) is 22.4 Å². The van der Waals surface area contributed by atoms with Crippen molar-refractivity contribution in [2.24, 2.45) is 0 Å². The van der Waals surface area contributed by atoms with Crippen LogP contribution in [0.25, 0.3) is 10.2 Å². The predicted octanol–water partition coefficient (Wildman–Crippen LogP) is 3.72. The van der Waals surface area contributed by atoms with Crippen molar-refractivity contribution in [3.63, 3.8) is 0 Å². The lowest BCUT2D eigenvalue weighted by atomic mass is 10.2. The number of nitrogens with one attached hydrogen (secondary N) is 1. The molecule has 0 atom stereocenters. The van der Waals surface area contributed by atoms with Crippen LogP contribution < -0.4 is 5.48 Å². The lowest BCUT2D eigenvalue weighted by Crippen LogP contribution is -2.04. The number of thiophene rings is 1. The highest BCUT2D eigenvalue weighted by Crippen LogP contribution is 2.38. The van der Waals surface area contributed by atoms with Crippen LogP contribution >= 0.6 is 11.3 Å². The van der Waals surface area contributed by atoms with Gasteiger partial charge in [-0.1, -0.05) is 30.3 Å². The molecule has 0 aliphatic heterocycles. The molecule has 1 N–H and O–H groups in total. The second-order valence-electron chi connectivity index (χ2n) is 5.14. The Kier molecular flexibility index (Phi) is 3.29. The molecule has 0 radical (unpaired) electrons. The Hall–Kier alpha value is -1.98. The van der Waals surface area contributed by atoms with Crippen molar-refractivity contribution in [1.29, 1.82) is 0 Å². The number of anilines is 1. The van der Waals surface area contributed by atoms with Gasteiger partial charge in [0.05, 0.1) is 12.0 Å². The lowest BCUT2D eigenvalue weighted by Gasteiger charge is -2.08. The zero-order chi connectivity index (χ0) is 14.1. The largest absolute Gasteiger partial charge is 0.270 e. The summed E-state index contributed by atoms with van der Waals surface area (Å²) in [6.45, 7) is 0.513. The van der Waals surface area contributed by atoms with Gasteiger partial charge in [0.2, 0.25) is 0 Å². The molecule has 2 heterocycles. The highest BCUT2D eigenvalue weighted by Gasteiger charge is 2.21. The maximum atomic E-state index is 5.61. The molecule has 0 spiro atoms. The van der Waals surface area contributed by atoms with E-state index in [2.05, 4.69) is 15.4 Å². The molecule has 0 saturated carbocycles. The standard InChI is InChI=1S/C16H15N3OS/c1-2-5-11(6-3-1)9-20-19-15-14-12-7-4-8-13(12)21-16(14)18-10-17-15/h1-3,5-6,10H,4,7-9H2,(H,17,18,19). The molecule has 0 bridgehead atoms. The molecule has 1 aliphatic carbocycles. The third kappa shape index (κ3) is 2.39. The summed E-state index contributed by atoms with van der Waals surface area (Å²) in [5, 5.41) is 1.14. The summed E-state index contributed by atoms with van der Waals surface area (Å²) in [6.07, 6.45) is 5.12. The number of hydrogen-bond donors (Lipinski definition) is 1. The van der Waals surface area contributed by atoms with Crippen molar-refractivity contribution < 1.29 is 4.84 Å². The molecular formula is C16H15N3OS. The van der Waals surface area contributed by atoms with Crippen molar-refractivity contribution in [2.75, 3.05) is 5.48 Å². The van der Waals surface area contributed by atoms with E-state index in [4.69, 9.17) is 4.84 Å². The van der Waals surface area contributed by atoms with Gasteiger partial charge in [0.25, 0.3) is 0 Å². The van der Waals surface area contributed by atoms with Crippen LogP contribution in [0, 0.1) is 0 Å². The average Bonchev–Trinajstić information content (AvgIpc) is 3.09. The van der Waals surface area contributed by atoms with Crippen LogP contribution in [0.15, 0.2) is 36.7 Å². The van der Waals surface area contributed by atoms with E-state index >= 15 is 0 Å². The summed E-state index contributed by atoms with van der Waals surface area (Å²) >= 11 is 1.78. The fraction of sp³-hybridized carbons (Fsp3) is 0.250. The summed E-state index contributed by atoms with van der Waals surface area (Å²) in [5.41, 5.74) is 5.54. The van der Waals surface area contributed by atoms with Crippen LogP contribution in [-0.2, 0) is 24.3 Å². The number of benzene rings is 1. The van der Waals surface area contributed by atoms with E-state index in [0.29, 0.717) is 6.61 Å². The zero-order valence-corrected chi connectivity index (χ0v) is 12.3. The van der Waals surface area contributed by atoms with E-state index in [1.807, 2.05) is 30.3 Å². The monoisotopic (exact) mass is 297 g/mol. The minimum Gasteiger partial charge on any atom is -0.270 e. The normalized spacial score (nSPS) is 13.5. The minimum atomic E-state index is 0.513. The summed E-state index contributed by atoms with van der Waals surface area (Å²) in [5.74, 6) is 0.787. The molecule has 0 unspecified atom stereocenters. The number of aromatic nitrogens is 2. The summed E-state index contributed by atoms with van der Waals surface area (Å²) < 4.78 is 0. The Morgan fingerprint density at radius 1 is 1.14 bits per heavy atom. The van der Waals surface area contributed by atoms with Crippen molar-refractivity contribution in [3.05, 3.63) is 52.7 Å². The number of nitrogens with zero attached hydrogens (tertiary/aromatic N) is 2. The average molecular weight is 297 g/mol. The third-order valence-corrected chi connectivity index (χ3v) is 4.95. The molecule has 0 saturated heterocycles. The first-order chi connectivity index (χ1) is 10.4. The van der Waals surface area contributed by atoms with Crippen molar-refractivity contribution in [2.45, 2.75) is 25.9 Å². The van der Waals surface area contributed by atoms with Crippen molar-refractivity contribution in [3.8, 4) is 0 Å². The first-order valence-corrected chi connectivity index (χ1v) is 7.90. The first kappa shape index (κ1) is 12.7. The Labute approximate surface area is 126 Å².